The molecule has 0 saturated carbocycles. The fourth-order valence-corrected chi connectivity index (χ4v) is 4.74. The minimum atomic E-state index is -0.352. The molecule has 2 aromatic rings. The number of benzene rings is 2. The molecule has 2 aromatic carbocycles. The van der Waals surface area contributed by atoms with E-state index in [1.165, 1.54) is 0 Å². The number of nitrogens with zero attached hydrogens (tertiary/aromatic N) is 2. The molecule has 0 atom stereocenters. The molecule has 180 valence electrons. The van der Waals surface area contributed by atoms with Crippen LogP contribution in [0.2, 0.25) is 5.02 Å². The summed E-state index contributed by atoms with van der Waals surface area (Å²) in [7, 11) is 0. The topological polar surface area (TPSA) is 81.8 Å². The van der Waals surface area contributed by atoms with Crippen LogP contribution in [-0.2, 0) is 4.79 Å². The summed E-state index contributed by atoms with van der Waals surface area (Å²) < 4.78 is 0. The van der Waals surface area contributed by atoms with Crippen molar-refractivity contribution < 1.29 is 14.4 Å². The Hall–Kier alpha value is -2.90. The first-order valence-electron chi connectivity index (χ1n) is 11.9. The third-order valence-electron chi connectivity index (χ3n) is 6.56. The second kappa shape index (κ2) is 10.6. The number of nitrogens with one attached hydrogen (secondary N) is 2. The molecule has 0 bridgehead atoms. The Bertz CT molecular complexity index is 1080. The van der Waals surface area contributed by atoms with Gasteiger partial charge in [-0.2, -0.15) is 0 Å². The largest absolute Gasteiger partial charge is 0.349 e. The molecule has 3 amide bonds. The summed E-state index contributed by atoms with van der Waals surface area (Å²) in [5, 5.41) is 6.38. The highest BCUT2D eigenvalue weighted by atomic mass is 35.5. The van der Waals surface area contributed by atoms with Crippen LogP contribution in [0.5, 0.6) is 0 Å². The monoisotopic (exact) mass is 482 g/mol. The Balaban J connectivity index is 1.46. The Morgan fingerprint density at radius 2 is 1.79 bits per heavy atom. The lowest BCUT2D eigenvalue weighted by Crippen LogP contribution is -2.46. The Kier molecular flexibility index (Phi) is 7.54. The zero-order valence-electron chi connectivity index (χ0n) is 19.6. The molecule has 0 spiro atoms. The summed E-state index contributed by atoms with van der Waals surface area (Å²) in [6, 6.07) is 12.4. The molecule has 0 aliphatic carbocycles. The van der Waals surface area contributed by atoms with Gasteiger partial charge in [-0.25, -0.2) is 0 Å². The summed E-state index contributed by atoms with van der Waals surface area (Å²) in [6.07, 6.45) is 3.10. The van der Waals surface area contributed by atoms with Crippen LogP contribution in [0.25, 0.3) is 0 Å². The summed E-state index contributed by atoms with van der Waals surface area (Å²) in [5.41, 5.74) is 1.85. The van der Waals surface area contributed by atoms with Gasteiger partial charge in [0.2, 0.25) is 5.91 Å². The number of amides is 3. The summed E-state index contributed by atoms with van der Waals surface area (Å²) >= 11 is 6.18. The van der Waals surface area contributed by atoms with E-state index in [0.717, 1.165) is 32.4 Å². The second-order valence-corrected chi connectivity index (χ2v) is 9.66. The van der Waals surface area contributed by atoms with Crippen molar-refractivity contribution in [2.24, 2.45) is 0 Å². The normalized spacial score (nSPS) is 17.3. The molecule has 0 radical (unpaired) electrons. The number of hydrogen-bond acceptors (Lipinski definition) is 4. The zero-order valence-corrected chi connectivity index (χ0v) is 20.4. The number of halogens is 1. The number of likely N-dealkylation sites (tertiary alicyclic amines) is 1. The molecule has 2 heterocycles. The molecule has 8 heteroatoms. The molecule has 34 heavy (non-hydrogen) atoms. The van der Waals surface area contributed by atoms with Gasteiger partial charge in [0.25, 0.3) is 11.8 Å². The summed E-state index contributed by atoms with van der Waals surface area (Å²) in [5.74, 6) is -0.541. The molecular formula is C26H31ClN4O3. The summed E-state index contributed by atoms with van der Waals surface area (Å²) in [6.45, 7) is 6.90. The number of rotatable bonds is 6. The average Bonchev–Trinajstić information content (AvgIpc) is 3.26. The summed E-state index contributed by atoms with van der Waals surface area (Å²) in [4.78, 5) is 42.3. The lowest BCUT2D eigenvalue weighted by Gasteiger charge is -2.34. The molecule has 0 aromatic heterocycles. The molecule has 2 saturated heterocycles. The predicted octanol–water partition coefficient (Wildman–Crippen LogP) is 4.32. The van der Waals surface area contributed by atoms with Crippen LogP contribution in [0.1, 0.15) is 60.2 Å². The molecule has 2 aliphatic rings. The predicted molar refractivity (Wildman–Crippen MR) is 135 cm³/mol. The number of anilines is 2. The standard InChI is InChI=1S/C26H31ClN4O3/c1-17(2)30-13-10-20(11-14-30)28-26(34)22-16-19(27)8-9-23(22)29-25(33)18-5-3-6-21(15-18)31-12-4-7-24(31)32/h3,5-6,8-9,15-17,20H,4,7,10-14H2,1-2H3,(H,28,34)(H,29,33). The SMILES string of the molecule is CC(C)N1CCC(NC(=O)c2cc(Cl)ccc2NC(=O)c2cccc(N3CCCC3=O)c2)CC1. The molecule has 4 rings (SSSR count). The Morgan fingerprint density at radius 3 is 2.47 bits per heavy atom. The van der Waals surface area contributed by atoms with Gasteiger partial charge in [-0.1, -0.05) is 17.7 Å². The first kappa shape index (κ1) is 24.2. The average molecular weight is 483 g/mol. The van der Waals surface area contributed by atoms with Crippen molar-refractivity contribution in [3.05, 3.63) is 58.6 Å². The third-order valence-corrected chi connectivity index (χ3v) is 6.80. The van der Waals surface area contributed by atoms with Crippen LogP contribution >= 0.6 is 11.6 Å². The first-order chi connectivity index (χ1) is 16.3. The minimum absolute atomic E-state index is 0.0634. The minimum Gasteiger partial charge on any atom is -0.349 e. The number of carbonyl (C=O) groups excluding carboxylic acids is 3. The molecule has 2 N–H and O–H groups in total. The maximum atomic E-state index is 13.1. The van der Waals surface area contributed by atoms with Crippen molar-refractivity contribution in [1.29, 1.82) is 0 Å². The van der Waals surface area contributed by atoms with E-state index >= 15 is 0 Å². The van der Waals surface area contributed by atoms with Gasteiger partial charge < -0.3 is 20.4 Å². The van der Waals surface area contributed by atoms with Gasteiger partial charge in [0.05, 0.1) is 11.3 Å². The van der Waals surface area contributed by atoms with Crippen LogP contribution in [0.3, 0.4) is 0 Å². The second-order valence-electron chi connectivity index (χ2n) is 9.22. The zero-order chi connectivity index (χ0) is 24.2. The van der Waals surface area contributed by atoms with Gasteiger partial charge in [-0.3, -0.25) is 14.4 Å². The third kappa shape index (κ3) is 5.59. The van der Waals surface area contributed by atoms with E-state index in [1.807, 2.05) is 6.07 Å². The van der Waals surface area contributed by atoms with Crippen molar-refractivity contribution in [3.8, 4) is 0 Å². The molecule has 0 unspecified atom stereocenters. The van der Waals surface area contributed by atoms with Crippen molar-refractivity contribution >= 4 is 40.7 Å². The van der Waals surface area contributed by atoms with E-state index in [1.54, 1.807) is 41.3 Å². The fourth-order valence-electron chi connectivity index (χ4n) is 4.57. The van der Waals surface area contributed by atoms with Gasteiger partial charge in [0.15, 0.2) is 0 Å². The first-order valence-corrected chi connectivity index (χ1v) is 12.3. The van der Waals surface area contributed by atoms with Crippen LogP contribution in [0.4, 0.5) is 11.4 Å². The van der Waals surface area contributed by atoms with Crippen molar-refractivity contribution in [2.45, 2.75) is 51.6 Å². The van der Waals surface area contributed by atoms with E-state index in [4.69, 9.17) is 11.6 Å². The van der Waals surface area contributed by atoms with E-state index < -0.39 is 0 Å². The number of hydrogen-bond donors (Lipinski definition) is 2. The van der Waals surface area contributed by atoms with Crippen molar-refractivity contribution in [2.75, 3.05) is 29.9 Å². The smallest absolute Gasteiger partial charge is 0.255 e. The number of carbonyl (C=O) groups is 3. The molecular weight excluding hydrogens is 452 g/mol. The number of piperidine rings is 1. The lowest BCUT2D eigenvalue weighted by molar-refractivity contribution is -0.117. The molecule has 7 nitrogen and oxygen atoms in total. The Labute approximate surface area is 205 Å². The van der Waals surface area contributed by atoms with Gasteiger partial charge in [0, 0.05) is 54.4 Å². The quantitative estimate of drug-likeness (QED) is 0.642. The fraction of sp³-hybridized carbons (Fsp3) is 0.423. The van der Waals surface area contributed by atoms with Crippen LogP contribution in [-0.4, -0.2) is 54.3 Å². The van der Waals surface area contributed by atoms with E-state index in [-0.39, 0.29) is 23.8 Å². The van der Waals surface area contributed by atoms with E-state index in [2.05, 4.69) is 29.4 Å². The maximum Gasteiger partial charge on any atom is 0.255 e. The highest BCUT2D eigenvalue weighted by molar-refractivity contribution is 6.31. The lowest BCUT2D eigenvalue weighted by atomic mass is 10.0. The van der Waals surface area contributed by atoms with Gasteiger partial charge in [0.1, 0.15) is 0 Å². The molecule has 2 aliphatic heterocycles. The van der Waals surface area contributed by atoms with Crippen LogP contribution < -0.4 is 15.5 Å². The van der Waals surface area contributed by atoms with Crippen LogP contribution in [0, 0.1) is 0 Å². The van der Waals surface area contributed by atoms with Crippen molar-refractivity contribution in [3.63, 3.8) is 0 Å². The van der Waals surface area contributed by atoms with Gasteiger partial charge >= 0.3 is 0 Å². The highest BCUT2D eigenvalue weighted by Crippen LogP contribution is 2.25. The van der Waals surface area contributed by atoms with E-state index in [0.29, 0.717) is 46.5 Å². The highest BCUT2D eigenvalue weighted by Gasteiger charge is 2.25. The van der Waals surface area contributed by atoms with Gasteiger partial charge in [-0.15, -0.1) is 0 Å². The van der Waals surface area contributed by atoms with Crippen LogP contribution in [0.15, 0.2) is 42.5 Å². The molecule has 2 fully saturated rings. The van der Waals surface area contributed by atoms with Crippen molar-refractivity contribution in [1.82, 2.24) is 10.2 Å². The maximum absolute atomic E-state index is 13.1. The van der Waals surface area contributed by atoms with E-state index in [9.17, 15) is 14.4 Å². The van der Waals surface area contributed by atoms with Gasteiger partial charge in [-0.05, 0) is 69.5 Å². The Morgan fingerprint density at radius 1 is 1.03 bits per heavy atom.